The number of aromatic nitrogens is 4. The van der Waals surface area contributed by atoms with E-state index >= 15 is 0 Å². The number of carbonyl (C=O) groups excluding carboxylic acids is 2. The molecular weight excluding hydrogens is 340 g/mol. The summed E-state index contributed by atoms with van der Waals surface area (Å²) in [7, 11) is 1.59. The van der Waals surface area contributed by atoms with Gasteiger partial charge in [0.1, 0.15) is 24.5 Å². The normalized spacial score (nSPS) is 13.2. The van der Waals surface area contributed by atoms with E-state index in [1.807, 2.05) is 0 Å². The molecule has 0 aliphatic rings. The van der Waals surface area contributed by atoms with Gasteiger partial charge in [-0.15, -0.1) is 0 Å². The highest BCUT2D eigenvalue weighted by Gasteiger charge is 2.20. The van der Waals surface area contributed by atoms with E-state index < -0.39 is 6.04 Å². The molecule has 2 aromatic rings. The van der Waals surface area contributed by atoms with E-state index in [0.29, 0.717) is 18.8 Å². The van der Waals surface area contributed by atoms with Crippen LogP contribution in [0.25, 0.3) is 0 Å². The lowest BCUT2D eigenvalue weighted by atomic mass is 10.2. The molecule has 2 rings (SSSR count). The molecule has 2 unspecified atom stereocenters. The van der Waals surface area contributed by atoms with Crippen molar-refractivity contribution in [2.75, 3.05) is 20.3 Å². The lowest BCUT2D eigenvalue weighted by Crippen LogP contribution is -2.46. The quantitative estimate of drug-likeness (QED) is 0.609. The molecule has 10 heteroatoms. The van der Waals surface area contributed by atoms with Crippen molar-refractivity contribution in [1.82, 2.24) is 30.6 Å². The number of hydrogen-bond acceptors (Lipinski definition) is 7. The van der Waals surface area contributed by atoms with Crippen molar-refractivity contribution in [2.24, 2.45) is 0 Å². The largest absolute Gasteiger partial charge is 0.385 e. The maximum Gasteiger partial charge on any atom is 0.244 e. The third-order valence-electron chi connectivity index (χ3n) is 3.79. The Morgan fingerprint density at radius 3 is 2.85 bits per heavy atom. The summed E-state index contributed by atoms with van der Waals surface area (Å²) in [5.74, 6) is 0.0798. The number of carbonyl (C=O) groups is 2. The van der Waals surface area contributed by atoms with Crippen molar-refractivity contribution < 1.29 is 18.8 Å². The van der Waals surface area contributed by atoms with Crippen LogP contribution in [-0.2, 0) is 20.7 Å². The van der Waals surface area contributed by atoms with Gasteiger partial charge in [0, 0.05) is 32.4 Å². The maximum atomic E-state index is 12.4. The van der Waals surface area contributed by atoms with Gasteiger partial charge in [-0.2, -0.15) is 5.10 Å². The Labute approximate surface area is 151 Å². The maximum absolute atomic E-state index is 12.4. The molecule has 0 fully saturated rings. The predicted octanol–water partition coefficient (Wildman–Crippen LogP) is 0.0157. The van der Waals surface area contributed by atoms with Crippen molar-refractivity contribution in [3.63, 3.8) is 0 Å². The van der Waals surface area contributed by atoms with E-state index in [1.165, 1.54) is 17.3 Å². The van der Waals surface area contributed by atoms with Gasteiger partial charge in [-0.1, -0.05) is 5.16 Å². The third-order valence-corrected chi connectivity index (χ3v) is 3.79. The van der Waals surface area contributed by atoms with Crippen LogP contribution in [0.15, 0.2) is 23.2 Å². The molecule has 0 aliphatic carbocycles. The Morgan fingerprint density at radius 2 is 2.23 bits per heavy atom. The second-order valence-corrected chi connectivity index (χ2v) is 5.95. The molecule has 0 bridgehead atoms. The minimum absolute atomic E-state index is 0.0984. The zero-order chi connectivity index (χ0) is 18.9. The molecule has 2 N–H and O–H groups in total. The highest BCUT2D eigenvalue weighted by Crippen LogP contribution is 2.05. The van der Waals surface area contributed by atoms with Crippen LogP contribution in [0.4, 0.5) is 0 Å². The molecule has 142 valence electrons. The van der Waals surface area contributed by atoms with E-state index in [0.717, 1.165) is 5.69 Å². The Hall–Kier alpha value is -2.75. The van der Waals surface area contributed by atoms with Crippen LogP contribution < -0.4 is 10.6 Å². The number of hydrogen-bond donors (Lipinski definition) is 2. The van der Waals surface area contributed by atoms with Gasteiger partial charge in [-0.3, -0.25) is 9.59 Å². The van der Waals surface area contributed by atoms with Crippen molar-refractivity contribution in [1.29, 1.82) is 0 Å². The Bertz CT molecular complexity index is 699. The first kappa shape index (κ1) is 19.6. The minimum atomic E-state index is -0.504. The molecule has 0 saturated heterocycles. The van der Waals surface area contributed by atoms with Crippen LogP contribution >= 0.6 is 0 Å². The van der Waals surface area contributed by atoms with Crippen molar-refractivity contribution >= 4 is 11.8 Å². The van der Waals surface area contributed by atoms with Crippen LogP contribution in [0.2, 0.25) is 0 Å². The highest BCUT2D eigenvalue weighted by atomic mass is 16.5. The van der Waals surface area contributed by atoms with Gasteiger partial charge >= 0.3 is 0 Å². The van der Waals surface area contributed by atoms with Crippen molar-refractivity contribution in [2.45, 2.75) is 38.8 Å². The van der Waals surface area contributed by atoms with Crippen LogP contribution in [0.5, 0.6) is 0 Å². The molecule has 0 aromatic carbocycles. The summed E-state index contributed by atoms with van der Waals surface area (Å²) in [6.45, 7) is 4.25. The van der Waals surface area contributed by atoms with Gasteiger partial charge in [0.25, 0.3) is 0 Å². The van der Waals surface area contributed by atoms with Crippen LogP contribution in [0.1, 0.15) is 30.8 Å². The SMILES string of the molecule is COCCC(CNC(=O)Cc1cc(C)no1)NC(=O)C(C)n1cncn1. The summed E-state index contributed by atoms with van der Waals surface area (Å²) in [6, 6.07) is 0.938. The van der Waals surface area contributed by atoms with Gasteiger partial charge in [0.05, 0.1) is 12.1 Å². The fraction of sp³-hybridized carbons (Fsp3) is 0.562. The molecule has 0 saturated carbocycles. The molecule has 2 heterocycles. The zero-order valence-corrected chi connectivity index (χ0v) is 15.1. The lowest BCUT2D eigenvalue weighted by molar-refractivity contribution is -0.125. The molecule has 2 aromatic heterocycles. The standard InChI is InChI=1S/C16H24N6O4/c1-11-6-14(26-21-11)7-15(23)18-8-13(4-5-25-3)20-16(24)12(2)22-10-17-9-19-22/h6,9-10,12-13H,4-5,7-8H2,1-3H3,(H,18,23)(H,20,24). The first-order chi connectivity index (χ1) is 12.5. The average Bonchev–Trinajstić information content (AvgIpc) is 3.28. The first-order valence-electron chi connectivity index (χ1n) is 8.32. The van der Waals surface area contributed by atoms with Gasteiger partial charge < -0.3 is 19.9 Å². The fourth-order valence-electron chi connectivity index (χ4n) is 2.30. The first-order valence-corrected chi connectivity index (χ1v) is 8.32. The van der Waals surface area contributed by atoms with Crippen LogP contribution in [0.3, 0.4) is 0 Å². The van der Waals surface area contributed by atoms with E-state index in [9.17, 15) is 9.59 Å². The Morgan fingerprint density at radius 1 is 1.42 bits per heavy atom. The van der Waals surface area contributed by atoms with E-state index in [2.05, 4.69) is 25.9 Å². The second kappa shape index (κ2) is 9.66. The van der Waals surface area contributed by atoms with Gasteiger partial charge in [-0.25, -0.2) is 9.67 Å². The minimum Gasteiger partial charge on any atom is -0.385 e. The zero-order valence-electron chi connectivity index (χ0n) is 15.1. The smallest absolute Gasteiger partial charge is 0.244 e. The molecule has 2 atom stereocenters. The number of ether oxygens (including phenoxy) is 1. The Balaban J connectivity index is 1.85. The lowest BCUT2D eigenvalue weighted by Gasteiger charge is -2.21. The molecule has 0 aliphatic heterocycles. The summed E-state index contributed by atoms with van der Waals surface area (Å²) < 4.78 is 11.6. The topological polar surface area (TPSA) is 124 Å². The van der Waals surface area contributed by atoms with Gasteiger partial charge in [0.2, 0.25) is 11.8 Å². The highest BCUT2D eigenvalue weighted by molar-refractivity contribution is 5.80. The molecular formula is C16H24N6O4. The summed E-state index contributed by atoms with van der Waals surface area (Å²) in [6.07, 6.45) is 3.52. The van der Waals surface area contributed by atoms with Gasteiger partial charge in [-0.05, 0) is 20.3 Å². The van der Waals surface area contributed by atoms with E-state index in [1.54, 1.807) is 27.0 Å². The summed E-state index contributed by atoms with van der Waals surface area (Å²) in [4.78, 5) is 28.3. The fourth-order valence-corrected chi connectivity index (χ4v) is 2.30. The number of rotatable bonds is 10. The van der Waals surface area contributed by atoms with E-state index in [4.69, 9.17) is 9.26 Å². The molecule has 0 radical (unpaired) electrons. The Kier molecular flexibility index (Phi) is 7.27. The van der Waals surface area contributed by atoms with Crippen molar-refractivity contribution in [3.05, 3.63) is 30.2 Å². The second-order valence-electron chi connectivity index (χ2n) is 5.95. The van der Waals surface area contributed by atoms with Crippen LogP contribution in [0, 0.1) is 6.92 Å². The molecule has 2 amide bonds. The monoisotopic (exact) mass is 364 g/mol. The third kappa shape index (κ3) is 5.96. The summed E-state index contributed by atoms with van der Waals surface area (Å²) in [5, 5.41) is 13.4. The van der Waals surface area contributed by atoms with Crippen molar-refractivity contribution in [3.8, 4) is 0 Å². The number of methoxy groups -OCH3 is 1. The van der Waals surface area contributed by atoms with Crippen LogP contribution in [-0.4, -0.2) is 58.0 Å². The number of aryl methyl sites for hydroxylation is 1. The average molecular weight is 364 g/mol. The number of nitrogens with zero attached hydrogens (tertiary/aromatic N) is 4. The van der Waals surface area contributed by atoms with E-state index in [-0.39, 0.29) is 30.8 Å². The summed E-state index contributed by atoms with van der Waals surface area (Å²) >= 11 is 0. The van der Waals surface area contributed by atoms with Gasteiger partial charge in [0.15, 0.2) is 0 Å². The summed E-state index contributed by atoms with van der Waals surface area (Å²) in [5.41, 5.74) is 0.722. The molecule has 26 heavy (non-hydrogen) atoms. The predicted molar refractivity (Wildman–Crippen MR) is 91.1 cm³/mol. The molecule has 0 spiro atoms. The number of nitrogens with one attached hydrogen (secondary N) is 2. The number of amides is 2. The molecule has 10 nitrogen and oxygen atoms in total.